The summed E-state index contributed by atoms with van der Waals surface area (Å²) in [6.45, 7) is 14.8. The summed E-state index contributed by atoms with van der Waals surface area (Å²) in [5.41, 5.74) is 8.44. The van der Waals surface area contributed by atoms with Crippen LogP contribution in [0.5, 0.6) is 17.2 Å². The maximum Gasteiger partial charge on any atom is 0.340 e. The standard InChI is InChI=1S/C14H14O2.C13H11NO2.C13H10O3.C10H15N5.C9H5Cl2NO.C9H9O4P.C9H16O2S.C9H16OS2/c1-3-7-13(8-4-1)11-15-16-12-14-9-5-2-6-10-14;15-13(12-7-4-8-14-9-12)16-10-11-5-2-1-3-6-11;1-8-3-4-9-7-10-5-6-15-11(10)13(14-2)12(9)16-8;1-4-14(5-2)9-6-8(3)13-10-11-7-12-15(9)10;10-6-4-7(11)9(13)8-5(6)2-1-3-12-8;10-14(11,12)13-9-6-5-7-3-1-2-4-8(7)9;10-9(11)6-2-1-4-8-5-3-7-12-8;1-8(10)4-2-3-5-9-6-7-11-12-9/h1-10H,11-12H2;1-9H,10H2;3-7H,1H2,2H3;6-7H,4-5H2,1-3H3;1-4,13H;1-4,6H,5H2,(H2,10,11,12);8H,1-7H2,(H,10,11);9H,2-7H2,1H3/p-1/t;;;;;;8-;9-/m......11/s1. The molecule has 3 atom stereocenters. The van der Waals surface area contributed by atoms with Crippen LogP contribution in [0.25, 0.3) is 39.5 Å². The van der Waals surface area contributed by atoms with Crippen LogP contribution in [0.3, 0.4) is 0 Å². The fraction of sp³-hybridized carbons (Fsp3) is 0.302. The summed E-state index contributed by atoms with van der Waals surface area (Å²) in [6, 6.07) is 51.1. The van der Waals surface area contributed by atoms with Crippen LogP contribution in [-0.2, 0) is 59.4 Å². The summed E-state index contributed by atoms with van der Waals surface area (Å²) in [5.74, 6) is 5.73. The lowest BCUT2D eigenvalue weighted by Crippen LogP contribution is -2.25. The molecule has 114 heavy (non-hydrogen) atoms. The number of carbonyl (C=O) groups excluding carboxylic acids is 2. The number of furan rings is 1. The van der Waals surface area contributed by atoms with Crippen LogP contribution in [0.1, 0.15) is 141 Å². The topological polar surface area (TPSA) is 293 Å². The maximum atomic E-state index is 11.6. The third-order valence-electron chi connectivity index (χ3n) is 17.3. The van der Waals surface area contributed by atoms with E-state index >= 15 is 0 Å². The van der Waals surface area contributed by atoms with E-state index in [2.05, 4.69) is 66.6 Å². The van der Waals surface area contributed by atoms with Gasteiger partial charge in [-0.1, -0.05) is 179 Å². The lowest BCUT2D eigenvalue weighted by molar-refractivity contribution is -0.313. The van der Waals surface area contributed by atoms with Gasteiger partial charge in [-0.2, -0.15) is 26.4 Å². The van der Waals surface area contributed by atoms with Crippen molar-refractivity contribution < 1.29 is 71.9 Å². The van der Waals surface area contributed by atoms with Gasteiger partial charge in [-0.05, 0) is 168 Å². The first-order valence-corrected chi connectivity index (χ1v) is 42.9. The smallest absolute Gasteiger partial charge is 0.340 e. The molecule has 11 aromatic rings. The molecule has 1 unspecified atom stereocenters. The molecule has 2 fully saturated rings. The number of aromatic hydroxyl groups is 1. The average molecular weight is 1660 g/mol. The van der Waals surface area contributed by atoms with E-state index < -0.39 is 13.8 Å². The Morgan fingerprint density at radius 3 is 2.04 bits per heavy atom. The van der Waals surface area contributed by atoms with Gasteiger partial charge in [0, 0.05) is 94.4 Å². The maximum absolute atomic E-state index is 11.6. The SMILES string of the molecule is C=C1C=Cc2cc3ccoc3c(OC)c2O1.CC(=O)CCCC[C@@H]1CCSS1.CCN(CC)c1cc(C)nc2ncnn12.O=C(O)CCCC[C@@H]1CCCS1.O=C(OCc1ccccc1)c1cccnc1.O=P([O-])(O)OC1=CCc2ccccc21.Oc1c(Cl)cc(Cl)c2cccnc12.c1ccc(COOCc2ccccc2)cc1. The van der Waals surface area contributed by atoms with Crippen LogP contribution in [0.4, 0.5) is 5.82 Å². The molecule has 8 heterocycles. The summed E-state index contributed by atoms with van der Waals surface area (Å²) in [7, 11) is 0.940. The van der Waals surface area contributed by atoms with E-state index in [4.69, 9.17) is 61.6 Å². The molecule has 5 aromatic heterocycles. The highest BCUT2D eigenvalue weighted by molar-refractivity contribution is 8.77. The van der Waals surface area contributed by atoms with Crippen molar-refractivity contribution in [1.29, 1.82) is 0 Å². The molecule has 2 saturated heterocycles. The first-order valence-electron chi connectivity index (χ1n) is 37.2. The zero-order valence-electron chi connectivity index (χ0n) is 64.3. The Balaban J connectivity index is 0.000000164. The molecule has 0 saturated carbocycles. The molecule has 4 aliphatic rings. The lowest BCUT2D eigenvalue weighted by atomic mass is 10.1. The van der Waals surface area contributed by atoms with Crippen LogP contribution in [-0.4, -0.2) is 105 Å². The molecule has 1 aliphatic carbocycles. The molecule has 0 spiro atoms. The van der Waals surface area contributed by atoms with Crippen molar-refractivity contribution in [2.24, 2.45) is 0 Å². The highest BCUT2D eigenvalue weighted by Crippen LogP contribution is 2.44. The minimum Gasteiger partial charge on any atom is -0.746 e. The molecule has 0 radical (unpaired) electrons. The second kappa shape index (κ2) is 48.7. The molecule has 22 nitrogen and oxygen atoms in total. The molecule has 0 bridgehead atoms. The van der Waals surface area contributed by atoms with Gasteiger partial charge in [0.05, 0.1) is 29.0 Å². The normalized spacial score (nSPS) is 14.4. The van der Waals surface area contributed by atoms with Gasteiger partial charge >= 0.3 is 19.8 Å². The third-order valence-corrected chi connectivity index (χ3v) is 22.8. The fourth-order valence-corrected chi connectivity index (χ4v) is 16.9. The van der Waals surface area contributed by atoms with Crippen LogP contribution in [0.15, 0.2) is 224 Å². The van der Waals surface area contributed by atoms with E-state index in [1.165, 1.54) is 68.6 Å². The molecular weight excluding hydrogens is 1570 g/mol. The number of phosphoric ester groups is 1. The largest absolute Gasteiger partial charge is 0.746 e. The minimum atomic E-state index is -4.69. The van der Waals surface area contributed by atoms with Crippen LogP contribution < -0.4 is 19.3 Å². The second-order valence-electron chi connectivity index (χ2n) is 25.9. The fourth-order valence-electron chi connectivity index (χ4n) is 11.6. The molecular formula is C86H95Cl2N7O15PS3-. The van der Waals surface area contributed by atoms with E-state index in [1.807, 2.05) is 162 Å². The quantitative estimate of drug-likeness (QED) is 0.0126. The number of hydrogen-bond acceptors (Lipinski definition) is 22. The van der Waals surface area contributed by atoms with Gasteiger partial charge in [0.2, 0.25) is 5.75 Å². The predicted molar refractivity (Wildman–Crippen MR) is 455 cm³/mol. The van der Waals surface area contributed by atoms with Crippen molar-refractivity contribution in [3.63, 3.8) is 0 Å². The van der Waals surface area contributed by atoms with Crippen molar-refractivity contribution in [3.8, 4) is 17.2 Å². The summed E-state index contributed by atoms with van der Waals surface area (Å²) in [5, 5.41) is 26.2. The van der Waals surface area contributed by atoms with Gasteiger partial charge in [-0.15, -0.1) is 0 Å². The van der Waals surface area contributed by atoms with E-state index in [0.29, 0.717) is 81.9 Å². The minimum absolute atomic E-state index is 0.0262. The number of halogens is 2. The van der Waals surface area contributed by atoms with Crippen molar-refractivity contribution in [2.45, 2.75) is 135 Å². The number of nitrogens with zero attached hydrogens (tertiary/aromatic N) is 7. The number of phenolic OH excluding ortho intramolecular Hbond substituents is 1. The lowest BCUT2D eigenvalue weighted by Gasteiger charge is -2.21. The van der Waals surface area contributed by atoms with Crippen molar-refractivity contribution in [2.75, 3.05) is 36.6 Å². The number of aryl methyl sites for hydroxylation is 1. The molecule has 602 valence electrons. The van der Waals surface area contributed by atoms with Gasteiger partial charge < -0.3 is 52.8 Å². The molecule has 15 rings (SSSR count). The molecule has 0 amide bonds. The van der Waals surface area contributed by atoms with E-state index in [-0.39, 0.29) is 29.1 Å². The number of rotatable bonds is 24. The highest BCUT2D eigenvalue weighted by atomic mass is 35.5. The number of carboxylic acids is 1. The van der Waals surface area contributed by atoms with Crippen LogP contribution in [0, 0.1) is 6.92 Å². The summed E-state index contributed by atoms with van der Waals surface area (Å²) in [4.78, 5) is 80.2. The number of phosphoric acid groups is 1. The molecule has 3 aliphatic heterocycles. The first kappa shape index (κ1) is 90.0. The van der Waals surface area contributed by atoms with Gasteiger partial charge in [0.15, 0.2) is 17.1 Å². The number of carboxylic acid groups (broad SMARTS) is 1. The van der Waals surface area contributed by atoms with E-state index in [9.17, 15) is 28.9 Å². The number of aliphatic carboxylic acids is 1. The number of ether oxygens (including phenoxy) is 3. The number of carbonyl (C=O) groups is 3. The van der Waals surface area contributed by atoms with E-state index in [1.54, 1.807) is 79.7 Å². The Kier molecular flexibility index (Phi) is 38.4. The number of allylic oxidation sites excluding steroid dienone is 2. The van der Waals surface area contributed by atoms with Crippen LogP contribution >= 0.6 is 64.4 Å². The third kappa shape index (κ3) is 30.7. The number of hydrogen-bond donors (Lipinski definition) is 3. The molecule has 28 heteroatoms. The number of Topliss-reactive ketones (excluding diaryl/α,β-unsaturated/α-hetero) is 1. The number of ketones is 1. The Labute approximate surface area is 687 Å². The van der Waals surface area contributed by atoms with Gasteiger partial charge in [0.25, 0.3) is 5.78 Å². The number of unbranched alkanes of at least 4 members (excludes halogenated alkanes) is 2. The zero-order chi connectivity index (χ0) is 81.5. The number of esters is 1. The number of thioether (sulfide) groups is 1. The Hall–Kier alpha value is -9.50. The number of phenols is 1. The summed E-state index contributed by atoms with van der Waals surface area (Å²) < 4.78 is 38.2. The summed E-state index contributed by atoms with van der Waals surface area (Å²) >= 11 is 13.7. The summed E-state index contributed by atoms with van der Waals surface area (Å²) in [6.07, 6.45) is 25.9. The monoisotopic (exact) mass is 1660 g/mol. The zero-order valence-corrected chi connectivity index (χ0v) is 69.2. The molecule has 3 N–H and O–H groups in total. The Morgan fingerprint density at radius 2 is 1.42 bits per heavy atom. The molecule has 6 aromatic carbocycles. The number of pyridine rings is 2. The number of benzene rings is 6. The number of fused-ring (bicyclic) bond motifs is 5. The van der Waals surface area contributed by atoms with Crippen molar-refractivity contribution in [1.82, 2.24) is 29.5 Å². The Bertz CT molecular complexity index is 4840. The highest BCUT2D eigenvalue weighted by Gasteiger charge is 2.22. The Morgan fingerprint density at radius 1 is 0.763 bits per heavy atom. The number of methoxy groups -OCH3 is 1. The van der Waals surface area contributed by atoms with Crippen molar-refractivity contribution >= 4 is 127 Å². The van der Waals surface area contributed by atoms with Gasteiger partial charge in [-0.3, -0.25) is 19.3 Å². The first-order chi connectivity index (χ1) is 55.2. The van der Waals surface area contributed by atoms with Crippen molar-refractivity contribution in [3.05, 3.63) is 274 Å². The van der Waals surface area contributed by atoms with E-state index in [0.717, 1.165) is 99.6 Å². The van der Waals surface area contributed by atoms with Gasteiger partial charge in [0.1, 0.15) is 54.8 Å². The predicted octanol–water partition coefficient (Wildman–Crippen LogP) is 20.5. The average Bonchev–Trinajstić information content (AvgIpc) is 1.70. The number of aromatic nitrogens is 6. The van der Waals surface area contributed by atoms with Gasteiger partial charge in [-0.25, -0.2) is 19.6 Å². The second-order valence-corrected chi connectivity index (χ2v) is 32.0. The van der Waals surface area contributed by atoms with Crippen LogP contribution in [0.2, 0.25) is 10.0 Å². The number of anilines is 1.